The van der Waals surface area contributed by atoms with Crippen LogP contribution >= 0.6 is 23.1 Å². The minimum absolute atomic E-state index is 0.0992. The molecule has 0 aliphatic rings. The topological polar surface area (TPSA) is 97.4 Å². The summed E-state index contributed by atoms with van der Waals surface area (Å²) in [5.74, 6) is -0.962. The van der Waals surface area contributed by atoms with Crippen LogP contribution in [0.25, 0.3) is 5.69 Å². The zero-order chi connectivity index (χ0) is 18.7. The molecule has 0 N–H and O–H groups in total. The number of ketones is 1. The smallest absolute Gasteiger partial charge is 0.214 e. The van der Waals surface area contributed by atoms with Crippen molar-refractivity contribution in [3.8, 4) is 11.8 Å². The number of carbonyl (C=O) groups is 1. The van der Waals surface area contributed by atoms with Crippen LogP contribution in [0.2, 0.25) is 0 Å². The van der Waals surface area contributed by atoms with Gasteiger partial charge in [-0.25, -0.2) is 4.98 Å². The molecule has 0 bridgehead atoms. The number of hydrogen-bond acceptors (Lipinski definition) is 8. The van der Waals surface area contributed by atoms with E-state index in [4.69, 9.17) is 0 Å². The molecular formula is C17H16N6OS2. The van der Waals surface area contributed by atoms with Gasteiger partial charge >= 0.3 is 0 Å². The molecule has 0 radical (unpaired) electrons. The average Bonchev–Trinajstić information content (AvgIpc) is 3.22. The Morgan fingerprint density at radius 1 is 1.31 bits per heavy atom. The van der Waals surface area contributed by atoms with Crippen LogP contribution in [0.5, 0.6) is 0 Å². The van der Waals surface area contributed by atoms with Crippen LogP contribution in [-0.2, 0) is 4.79 Å². The first-order valence-electron chi connectivity index (χ1n) is 7.82. The quantitative estimate of drug-likeness (QED) is 0.603. The van der Waals surface area contributed by atoms with Crippen LogP contribution in [0, 0.1) is 32.1 Å². The summed E-state index contributed by atoms with van der Waals surface area (Å²) in [7, 11) is 0. The number of hydrogen-bond donors (Lipinski definition) is 0. The van der Waals surface area contributed by atoms with Crippen molar-refractivity contribution in [1.82, 2.24) is 25.2 Å². The molecule has 0 aliphatic heterocycles. The predicted octanol–water partition coefficient (Wildman–Crippen LogP) is 3.01. The van der Waals surface area contributed by atoms with E-state index in [1.807, 2.05) is 44.4 Å². The number of nitriles is 1. The Balaban J connectivity index is 1.75. The zero-order valence-corrected chi connectivity index (χ0v) is 16.1. The number of rotatable bonds is 6. The monoisotopic (exact) mass is 384 g/mol. The molecule has 0 saturated heterocycles. The van der Waals surface area contributed by atoms with Crippen LogP contribution in [-0.4, -0.2) is 36.7 Å². The Bertz CT molecular complexity index is 967. The van der Waals surface area contributed by atoms with E-state index in [2.05, 4.69) is 26.6 Å². The third-order valence-corrected chi connectivity index (χ3v) is 5.54. The predicted molar refractivity (Wildman–Crippen MR) is 99.6 cm³/mol. The number of aromatic nitrogens is 5. The van der Waals surface area contributed by atoms with Crippen LogP contribution in [0.15, 0.2) is 28.7 Å². The number of benzene rings is 1. The van der Waals surface area contributed by atoms with Crippen molar-refractivity contribution < 1.29 is 4.79 Å². The van der Waals surface area contributed by atoms with Crippen molar-refractivity contribution in [2.24, 2.45) is 0 Å². The fraction of sp³-hybridized carbons (Fsp3) is 0.294. The Hall–Kier alpha value is -2.57. The summed E-state index contributed by atoms with van der Waals surface area (Å²) in [5, 5.41) is 24.0. The van der Waals surface area contributed by atoms with E-state index in [1.54, 1.807) is 4.68 Å². The van der Waals surface area contributed by atoms with Gasteiger partial charge in [-0.05, 0) is 54.5 Å². The summed E-state index contributed by atoms with van der Waals surface area (Å²) in [6.45, 7) is 5.85. The number of tetrazole rings is 1. The zero-order valence-electron chi connectivity index (χ0n) is 14.5. The van der Waals surface area contributed by atoms with Crippen molar-refractivity contribution in [2.75, 3.05) is 5.75 Å². The number of Topliss-reactive ketones (excluding diaryl/α,β-unsaturated/α-hetero) is 1. The molecule has 0 amide bonds. The van der Waals surface area contributed by atoms with Crippen LogP contribution in [0.4, 0.5) is 0 Å². The molecule has 2 heterocycles. The SMILES string of the molecule is Cc1cc(C)cc(-n2nnnc2SCC(=O)[C@@H](C#N)c2nc(C)cs2)c1. The lowest BCUT2D eigenvalue weighted by Gasteiger charge is -2.07. The van der Waals surface area contributed by atoms with E-state index in [9.17, 15) is 10.1 Å². The Morgan fingerprint density at radius 3 is 2.65 bits per heavy atom. The molecule has 0 spiro atoms. The van der Waals surface area contributed by atoms with Gasteiger partial charge in [0, 0.05) is 11.1 Å². The first-order valence-corrected chi connectivity index (χ1v) is 9.68. The highest BCUT2D eigenvalue weighted by Crippen LogP contribution is 2.25. The molecule has 9 heteroatoms. The van der Waals surface area contributed by atoms with Gasteiger partial charge in [0.25, 0.3) is 0 Å². The van der Waals surface area contributed by atoms with Gasteiger partial charge in [-0.2, -0.15) is 9.94 Å². The summed E-state index contributed by atoms with van der Waals surface area (Å²) < 4.78 is 1.60. The number of thioether (sulfide) groups is 1. The van der Waals surface area contributed by atoms with E-state index in [0.29, 0.717) is 10.2 Å². The van der Waals surface area contributed by atoms with Gasteiger partial charge in [0.15, 0.2) is 11.7 Å². The number of thiazole rings is 1. The maximum atomic E-state index is 12.5. The third kappa shape index (κ3) is 3.98. The second-order valence-electron chi connectivity index (χ2n) is 5.86. The van der Waals surface area contributed by atoms with Gasteiger partial charge in [-0.1, -0.05) is 17.8 Å². The Morgan fingerprint density at radius 2 is 2.04 bits per heavy atom. The average molecular weight is 384 g/mol. The highest BCUT2D eigenvalue weighted by Gasteiger charge is 2.24. The largest absolute Gasteiger partial charge is 0.297 e. The van der Waals surface area contributed by atoms with Crippen molar-refractivity contribution in [3.63, 3.8) is 0 Å². The van der Waals surface area contributed by atoms with E-state index in [0.717, 1.165) is 22.5 Å². The van der Waals surface area contributed by atoms with E-state index in [1.165, 1.54) is 23.1 Å². The summed E-state index contributed by atoms with van der Waals surface area (Å²) in [6, 6.07) is 8.07. The minimum atomic E-state index is -0.855. The summed E-state index contributed by atoms with van der Waals surface area (Å²) in [6.07, 6.45) is 0. The van der Waals surface area contributed by atoms with Crippen LogP contribution in [0.3, 0.4) is 0 Å². The first-order chi connectivity index (χ1) is 12.5. The molecule has 1 atom stereocenters. The maximum Gasteiger partial charge on any atom is 0.214 e. The van der Waals surface area contributed by atoms with Crippen molar-refractivity contribution in [2.45, 2.75) is 31.8 Å². The minimum Gasteiger partial charge on any atom is -0.297 e. The van der Waals surface area contributed by atoms with Gasteiger partial charge < -0.3 is 0 Å². The highest BCUT2D eigenvalue weighted by molar-refractivity contribution is 7.99. The second kappa shape index (κ2) is 7.76. The Labute approximate surface area is 159 Å². The number of nitrogens with zero attached hydrogens (tertiary/aromatic N) is 6. The van der Waals surface area contributed by atoms with Crippen molar-refractivity contribution in [1.29, 1.82) is 5.26 Å². The summed E-state index contributed by atoms with van der Waals surface area (Å²) in [4.78, 5) is 16.7. The molecule has 0 aliphatic carbocycles. The van der Waals surface area contributed by atoms with Crippen molar-refractivity contribution in [3.05, 3.63) is 45.4 Å². The first kappa shape index (κ1) is 18.2. The third-order valence-electron chi connectivity index (χ3n) is 3.57. The standard InChI is InChI=1S/C17H16N6OS2/c1-10-4-11(2)6-13(5-10)23-17(20-21-22-23)26-9-15(24)14(7-18)16-19-12(3)8-25-16/h4-6,8,14H,9H2,1-3H3/t14-/m1/s1. The molecule has 1 aromatic carbocycles. The van der Waals surface area contributed by atoms with E-state index < -0.39 is 5.92 Å². The van der Waals surface area contributed by atoms with Crippen LogP contribution < -0.4 is 0 Å². The van der Waals surface area contributed by atoms with Gasteiger partial charge in [-0.3, -0.25) is 4.79 Å². The fourth-order valence-electron chi connectivity index (χ4n) is 2.49. The molecule has 0 saturated carbocycles. The highest BCUT2D eigenvalue weighted by atomic mass is 32.2. The Kier molecular flexibility index (Phi) is 5.44. The molecule has 0 fully saturated rings. The van der Waals surface area contributed by atoms with Gasteiger partial charge in [-0.15, -0.1) is 16.4 Å². The van der Waals surface area contributed by atoms with E-state index >= 15 is 0 Å². The second-order valence-corrected chi connectivity index (χ2v) is 7.70. The van der Waals surface area contributed by atoms with E-state index in [-0.39, 0.29) is 11.5 Å². The molecule has 2 aromatic heterocycles. The molecule has 0 unspecified atom stereocenters. The summed E-state index contributed by atoms with van der Waals surface area (Å²) >= 11 is 2.54. The van der Waals surface area contributed by atoms with Gasteiger partial charge in [0.1, 0.15) is 5.01 Å². The normalized spacial score (nSPS) is 11.9. The molecular weight excluding hydrogens is 368 g/mol. The fourth-order valence-corrected chi connectivity index (χ4v) is 4.15. The van der Waals surface area contributed by atoms with Gasteiger partial charge in [0.05, 0.1) is 17.5 Å². The number of aryl methyl sites for hydroxylation is 3. The molecule has 3 rings (SSSR count). The van der Waals surface area contributed by atoms with Gasteiger partial charge in [0.2, 0.25) is 5.16 Å². The van der Waals surface area contributed by atoms with Crippen LogP contribution in [0.1, 0.15) is 27.7 Å². The molecule has 3 aromatic rings. The molecule has 7 nitrogen and oxygen atoms in total. The van der Waals surface area contributed by atoms with Crippen molar-refractivity contribution >= 4 is 28.9 Å². The lowest BCUT2D eigenvalue weighted by atomic mass is 10.1. The summed E-state index contributed by atoms with van der Waals surface area (Å²) in [5.41, 5.74) is 3.86. The lowest BCUT2D eigenvalue weighted by Crippen LogP contribution is -2.13. The molecule has 132 valence electrons. The maximum absolute atomic E-state index is 12.5. The molecule has 26 heavy (non-hydrogen) atoms. The lowest BCUT2D eigenvalue weighted by molar-refractivity contribution is -0.116. The number of carbonyl (C=O) groups excluding carboxylic acids is 1.